The van der Waals surface area contributed by atoms with Gasteiger partial charge in [0.2, 0.25) is 0 Å². The van der Waals surface area contributed by atoms with Crippen LogP contribution in [-0.4, -0.2) is 25.0 Å². The first-order valence-corrected chi connectivity index (χ1v) is 5.91. The summed E-state index contributed by atoms with van der Waals surface area (Å²) in [6.07, 6.45) is 0.141. The van der Waals surface area contributed by atoms with E-state index < -0.39 is 0 Å². The van der Waals surface area contributed by atoms with E-state index in [0.29, 0.717) is 22.9 Å². The number of anilines is 1. The van der Waals surface area contributed by atoms with Crippen molar-refractivity contribution < 1.29 is 14.3 Å². The van der Waals surface area contributed by atoms with Gasteiger partial charge < -0.3 is 15.8 Å². The molecule has 0 aliphatic carbocycles. The van der Waals surface area contributed by atoms with Crippen LogP contribution in [0.25, 0.3) is 0 Å². The first kappa shape index (κ1) is 14.3. The monoisotopic (exact) mass is 270 g/mol. The van der Waals surface area contributed by atoms with E-state index in [1.807, 2.05) is 0 Å². The standard InChI is InChI=1S/C12H15ClN2O3/c1-2-18-11(16)5-6-15-12(17)8-3-4-10(14)9(13)7-8/h3-4,7H,2,5-6,14H2,1H3,(H,15,17). The lowest BCUT2D eigenvalue weighted by atomic mass is 10.2. The van der Waals surface area contributed by atoms with Crippen molar-refractivity contribution in [3.05, 3.63) is 28.8 Å². The smallest absolute Gasteiger partial charge is 0.307 e. The molecule has 6 heteroatoms. The average molecular weight is 271 g/mol. The quantitative estimate of drug-likeness (QED) is 0.629. The third kappa shape index (κ3) is 4.25. The van der Waals surface area contributed by atoms with Crippen LogP contribution in [0.15, 0.2) is 18.2 Å². The predicted molar refractivity (Wildman–Crippen MR) is 69.4 cm³/mol. The third-order valence-corrected chi connectivity index (χ3v) is 2.51. The van der Waals surface area contributed by atoms with Gasteiger partial charge in [0.15, 0.2) is 0 Å². The minimum Gasteiger partial charge on any atom is -0.466 e. The van der Waals surface area contributed by atoms with E-state index in [4.69, 9.17) is 22.1 Å². The Morgan fingerprint density at radius 3 is 2.78 bits per heavy atom. The fraction of sp³-hybridized carbons (Fsp3) is 0.333. The summed E-state index contributed by atoms with van der Waals surface area (Å²) in [6.45, 7) is 2.28. The Kier molecular flexibility index (Phi) is 5.45. The van der Waals surface area contributed by atoms with Gasteiger partial charge in [-0.15, -0.1) is 0 Å². The lowest BCUT2D eigenvalue weighted by Crippen LogP contribution is -2.26. The lowest BCUT2D eigenvalue weighted by Gasteiger charge is -2.06. The SMILES string of the molecule is CCOC(=O)CCNC(=O)c1ccc(N)c(Cl)c1. The molecule has 98 valence electrons. The molecule has 0 fully saturated rings. The number of rotatable bonds is 5. The molecule has 1 rings (SSSR count). The summed E-state index contributed by atoms with van der Waals surface area (Å²) in [6, 6.07) is 4.61. The normalized spacial score (nSPS) is 9.89. The molecule has 0 aliphatic heterocycles. The van der Waals surface area contributed by atoms with Gasteiger partial charge >= 0.3 is 5.97 Å². The Morgan fingerprint density at radius 2 is 2.17 bits per heavy atom. The van der Waals surface area contributed by atoms with Crippen molar-refractivity contribution in [2.75, 3.05) is 18.9 Å². The zero-order valence-corrected chi connectivity index (χ0v) is 10.8. The number of halogens is 1. The molecule has 0 aromatic heterocycles. The molecule has 0 atom stereocenters. The van der Waals surface area contributed by atoms with Crippen LogP contribution in [0.5, 0.6) is 0 Å². The molecule has 0 saturated heterocycles. The van der Waals surface area contributed by atoms with E-state index in [9.17, 15) is 9.59 Å². The molecule has 18 heavy (non-hydrogen) atoms. The molecule has 3 N–H and O–H groups in total. The molecule has 0 unspecified atom stereocenters. The van der Waals surface area contributed by atoms with Crippen LogP contribution < -0.4 is 11.1 Å². The van der Waals surface area contributed by atoms with E-state index in [0.717, 1.165) is 0 Å². The van der Waals surface area contributed by atoms with E-state index in [1.165, 1.54) is 6.07 Å². The first-order valence-electron chi connectivity index (χ1n) is 5.53. The maximum absolute atomic E-state index is 11.7. The molecule has 1 amide bonds. The van der Waals surface area contributed by atoms with Crippen LogP contribution in [0.4, 0.5) is 5.69 Å². The number of hydrogen-bond acceptors (Lipinski definition) is 4. The molecular weight excluding hydrogens is 256 g/mol. The Balaban J connectivity index is 2.45. The van der Waals surface area contributed by atoms with Crippen molar-refractivity contribution in [3.8, 4) is 0 Å². The largest absolute Gasteiger partial charge is 0.466 e. The number of ether oxygens (including phenoxy) is 1. The second kappa shape index (κ2) is 6.86. The van der Waals surface area contributed by atoms with E-state index in [2.05, 4.69) is 5.32 Å². The number of carbonyl (C=O) groups is 2. The lowest BCUT2D eigenvalue weighted by molar-refractivity contribution is -0.142. The molecule has 0 spiro atoms. The number of hydrogen-bond donors (Lipinski definition) is 2. The minimum atomic E-state index is -0.340. The highest BCUT2D eigenvalue weighted by molar-refractivity contribution is 6.33. The zero-order valence-electron chi connectivity index (χ0n) is 10.0. The maximum Gasteiger partial charge on any atom is 0.307 e. The van der Waals surface area contributed by atoms with Crippen molar-refractivity contribution in [1.29, 1.82) is 0 Å². The number of amides is 1. The van der Waals surface area contributed by atoms with Crippen molar-refractivity contribution in [2.45, 2.75) is 13.3 Å². The summed E-state index contributed by atoms with van der Waals surface area (Å²) in [4.78, 5) is 22.7. The second-order valence-corrected chi connectivity index (χ2v) is 3.95. The van der Waals surface area contributed by atoms with Gasteiger partial charge in [0, 0.05) is 12.1 Å². The van der Waals surface area contributed by atoms with Gasteiger partial charge in [-0.05, 0) is 25.1 Å². The van der Waals surface area contributed by atoms with Crippen molar-refractivity contribution in [2.24, 2.45) is 0 Å². The molecular formula is C12H15ClN2O3. The Labute approximate surface area is 110 Å². The van der Waals surface area contributed by atoms with Gasteiger partial charge in [-0.2, -0.15) is 0 Å². The summed E-state index contributed by atoms with van der Waals surface area (Å²) in [5, 5.41) is 2.92. The fourth-order valence-electron chi connectivity index (χ4n) is 1.28. The molecule has 0 radical (unpaired) electrons. The number of nitrogen functional groups attached to an aromatic ring is 1. The molecule has 1 aromatic carbocycles. The number of esters is 1. The molecule has 0 saturated carbocycles. The highest BCUT2D eigenvalue weighted by atomic mass is 35.5. The molecule has 0 aliphatic rings. The summed E-state index contributed by atoms with van der Waals surface area (Å²) in [7, 11) is 0. The number of carbonyl (C=O) groups excluding carboxylic acids is 2. The minimum absolute atomic E-state index is 0.141. The third-order valence-electron chi connectivity index (χ3n) is 2.18. The summed E-state index contributed by atoms with van der Waals surface area (Å²) >= 11 is 5.80. The first-order chi connectivity index (χ1) is 8.54. The number of nitrogens with one attached hydrogen (secondary N) is 1. The van der Waals surface area contributed by atoms with Gasteiger partial charge in [-0.1, -0.05) is 11.6 Å². The second-order valence-electron chi connectivity index (χ2n) is 3.55. The van der Waals surface area contributed by atoms with E-state index in [-0.39, 0.29) is 24.8 Å². The Bertz CT molecular complexity index is 449. The summed E-state index contributed by atoms with van der Waals surface area (Å²) in [5.74, 6) is -0.644. The number of nitrogens with two attached hydrogens (primary N) is 1. The number of benzene rings is 1. The average Bonchev–Trinajstić information content (AvgIpc) is 2.33. The molecule has 0 heterocycles. The van der Waals surface area contributed by atoms with Gasteiger partial charge in [-0.3, -0.25) is 9.59 Å². The van der Waals surface area contributed by atoms with Crippen molar-refractivity contribution in [3.63, 3.8) is 0 Å². The van der Waals surface area contributed by atoms with Crippen molar-refractivity contribution >= 4 is 29.2 Å². The maximum atomic E-state index is 11.7. The van der Waals surface area contributed by atoms with Gasteiger partial charge in [0.05, 0.1) is 23.7 Å². The molecule has 1 aromatic rings. The van der Waals surface area contributed by atoms with E-state index in [1.54, 1.807) is 19.1 Å². The van der Waals surface area contributed by atoms with Crippen LogP contribution in [0.1, 0.15) is 23.7 Å². The van der Waals surface area contributed by atoms with Crippen molar-refractivity contribution in [1.82, 2.24) is 5.32 Å². The van der Waals surface area contributed by atoms with Crippen LogP contribution in [0.2, 0.25) is 5.02 Å². The molecule has 5 nitrogen and oxygen atoms in total. The highest BCUT2D eigenvalue weighted by Gasteiger charge is 2.08. The Hall–Kier alpha value is -1.75. The highest BCUT2D eigenvalue weighted by Crippen LogP contribution is 2.19. The predicted octanol–water partition coefficient (Wildman–Crippen LogP) is 1.61. The van der Waals surface area contributed by atoms with E-state index >= 15 is 0 Å². The molecule has 0 bridgehead atoms. The van der Waals surface area contributed by atoms with Crippen LogP contribution in [-0.2, 0) is 9.53 Å². The zero-order chi connectivity index (χ0) is 13.5. The van der Waals surface area contributed by atoms with Crippen LogP contribution in [0.3, 0.4) is 0 Å². The van der Waals surface area contributed by atoms with Crippen LogP contribution >= 0.6 is 11.6 Å². The van der Waals surface area contributed by atoms with Gasteiger partial charge in [-0.25, -0.2) is 0 Å². The van der Waals surface area contributed by atoms with Gasteiger partial charge in [0.1, 0.15) is 0 Å². The summed E-state index contributed by atoms with van der Waals surface area (Å²) < 4.78 is 4.74. The topological polar surface area (TPSA) is 81.4 Å². The fourth-order valence-corrected chi connectivity index (χ4v) is 1.46. The van der Waals surface area contributed by atoms with Crippen LogP contribution in [0, 0.1) is 0 Å². The Morgan fingerprint density at radius 1 is 1.44 bits per heavy atom. The summed E-state index contributed by atoms with van der Waals surface area (Å²) in [5.41, 5.74) is 6.35. The van der Waals surface area contributed by atoms with Gasteiger partial charge in [0.25, 0.3) is 5.91 Å².